The largest absolute Gasteiger partial charge is 0.396 e. The van der Waals surface area contributed by atoms with Crippen molar-refractivity contribution in [2.24, 2.45) is 0 Å². The Bertz CT molecular complexity index is 459. The first kappa shape index (κ1) is 14.0. The lowest BCUT2D eigenvalue weighted by atomic mass is 10.1. The summed E-state index contributed by atoms with van der Waals surface area (Å²) in [4.78, 5) is 14.2. The molecule has 1 aliphatic heterocycles. The van der Waals surface area contributed by atoms with Crippen LogP contribution in [0.3, 0.4) is 0 Å². The van der Waals surface area contributed by atoms with Crippen LogP contribution in [0.15, 0.2) is 18.2 Å². The van der Waals surface area contributed by atoms with Crippen LogP contribution in [0, 0.1) is 13.8 Å². The lowest BCUT2D eigenvalue weighted by molar-refractivity contribution is -0.134. The van der Waals surface area contributed by atoms with Crippen molar-refractivity contribution in [3.8, 4) is 0 Å². The number of carbonyl (C=O) groups is 1. The van der Waals surface area contributed by atoms with Crippen LogP contribution in [0.25, 0.3) is 0 Å². The monoisotopic (exact) mass is 263 g/mol. The number of ether oxygens (including phenoxy) is 1. The summed E-state index contributed by atoms with van der Waals surface area (Å²) in [6.45, 7) is 5.31. The van der Waals surface area contributed by atoms with Gasteiger partial charge in [-0.25, -0.2) is 0 Å². The number of nitrogens with zero attached hydrogens (tertiary/aromatic N) is 1. The molecule has 0 spiro atoms. The van der Waals surface area contributed by atoms with Crippen molar-refractivity contribution in [2.45, 2.75) is 32.8 Å². The quantitative estimate of drug-likeness (QED) is 0.901. The number of morpholine rings is 1. The highest BCUT2D eigenvalue weighted by Gasteiger charge is 2.30. The highest BCUT2D eigenvalue weighted by atomic mass is 16.5. The third kappa shape index (κ3) is 3.14. The Hall–Kier alpha value is -1.39. The highest BCUT2D eigenvalue weighted by Crippen LogP contribution is 2.25. The first-order valence-corrected chi connectivity index (χ1v) is 6.74. The Morgan fingerprint density at radius 2 is 2.21 bits per heavy atom. The summed E-state index contributed by atoms with van der Waals surface area (Å²) >= 11 is 0. The predicted octanol–water partition coefficient (Wildman–Crippen LogP) is 1.81. The fraction of sp³-hybridized carbons (Fsp3) is 0.533. The zero-order valence-electron chi connectivity index (χ0n) is 11.6. The summed E-state index contributed by atoms with van der Waals surface area (Å²) < 4.78 is 5.51. The Balaban J connectivity index is 2.17. The molecular weight excluding hydrogens is 242 g/mol. The van der Waals surface area contributed by atoms with Crippen LogP contribution < -0.4 is 4.90 Å². The molecule has 1 atom stereocenters. The second-order valence-corrected chi connectivity index (χ2v) is 5.01. The third-order valence-electron chi connectivity index (χ3n) is 3.44. The van der Waals surface area contributed by atoms with E-state index in [2.05, 4.69) is 6.07 Å². The van der Waals surface area contributed by atoms with Crippen LogP contribution in [-0.4, -0.2) is 36.9 Å². The van der Waals surface area contributed by atoms with E-state index in [-0.39, 0.29) is 12.5 Å². The van der Waals surface area contributed by atoms with Gasteiger partial charge in [-0.05, 0) is 38.3 Å². The molecule has 4 heteroatoms. The number of benzene rings is 1. The molecule has 1 saturated heterocycles. The summed E-state index contributed by atoms with van der Waals surface area (Å²) in [5.74, 6) is 0.00616. The highest BCUT2D eigenvalue weighted by molar-refractivity contribution is 5.97. The maximum Gasteiger partial charge on any atom is 0.256 e. The van der Waals surface area contributed by atoms with Crippen LogP contribution in [0.2, 0.25) is 0 Å². The summed E-state index contributed by atoms with van der Waals surface area (Å²) in [5, 5.41) is 8.86. The van der Waals surface area contributed by atoms with Crippen molar-refractivity contribution < 1.29 is 14.6 Å². The number of anilines is 1. The van der Waals surface area contributed by atoms with Crippen LogP contribution in [0.5, 0.6) is 0 Å². The molecule has 0 saturated carbocycles. The lowest BCUT2D eigenvalue weighted by Gasteiger charge is -2.33. The van der Waals surface area contributed by atoms with Crippen molar-refractivity contribution in [3.63, 3.8) is 0 Å². The summed E-state index contributed by atoms with van der Waals surface area (Å²) in [6.07, 6.45) is 0.759. The molecule has 4 nitrogen and oxygen atoms in total. The van der Waals surface area contributed by atoms with Crippen molar-refractivity contribution in [3.05, 3.63) is 29.3 Å². The van der Waals surface area contributed by atoms with Gasteiger partial charge in [0.2, 0.25) is 0 Å². The molecule has 1 unspecified atom stereocenters. The van der Waals surface area contributed by atoms with Gasteiger partial charge in [0.05, 0.1) is 6.61 Å². The van der Waals surface area contributed by atoms with Crippen LogP contribution in [0.1, 0.15) is 24.0 Å². The average Bonchev–Trinajstić information content (AvgIpc) is 2.38. The molecule has 1 aromatic rings. The Kier molecular flexibility index (Phi) is 4.56. The number of hydrogen-bond donors (Lipinski definition) is 1. The maximum absolute atomic E-state index is 12.4. The third-order valence-corrected chi connectivity index (χ3v) is 3.44. The van der Waals surface area contributed by atoms with E-state index in [9.17, 15) is 4.79 Å². The number of aliphatic hydroxyl groups excluding tert-OH is 1. The molecule has 1 aliphatic rings. The molecule has 19 heavy (non-hydrogen) atoms. The van der Waals surface area contributed by atoms with E-state index in [0.717, 1.165) is 11.3 Å². The van der Waals surface area contributed by atoms with Gasteiger partial charge in [-0.2, -0.15) is 0 Å². The van der Waals surface area contributed by atoms with Crippen molar-refractivity contribution in [2.75, 3.05) is 24.7 Å². The Morgan fingerprint density at radius 1 is 1.42 bits per heavy atom. The second kappa shape index (κ2) is 6.17. The molecule has 1 N–H and O–H groups in total. The summed E-state index contributed by atoms with van der Waals surface area (Å²) in [6, 6.07) is 6.10. The normalized spacial score (nSPS) is 19.8. The predicted molar refractivity (Wildman–Crippen MR) is 74.3 cm³/mol. The van der Waals surface area contributed by atoms with Crippen molar-refractivity contribution in [1.29, 1.82) is 0 Å². The standard InChI is InChI=1S/C15H21NO3/c1-11-5-6-13(12(2)10-11)16-7-9-19-14(15(16)18)4-3-8-17/h5-6,10,14,17H,3-4,7-9H2,1-2H3. The number of aliphatic hydroxyl groups is 1. The van der Waals surface area contributed by atoms with Gasteiger partial charge in [0, 0.05) is 18.8 Å². The van der Waals surface area contributed by atoms with E-state index >= 15 is 0 Å². The Morgan fingerprint density at radius 3 is 2.89 bits per heavy atom. The van der Waals surface area contributed by atoms with Crippen molar-refractivity contribution >= 4 is 11.6 Å². The van der Waals surface area contributed by atoms with Crippen molar-refractivity contribution in [1.82, 2.24) is 0 Å². The first-order chi connectivity index (χ1) is 9.13. The molecule has 1 amide bonds. The topological polar surface area (TPSA) is 49.8 Å². The van der Waals surface area contributed by atoms with Gasteiger partial charge in [-0.1, -0.05) is 17.7 Å². The second-order valence-electron chi connectivity index (χ2n) is 5.01. The number of hydrogen-bond acceptors (Lipinski definition) is 3. The fourth-order valence-corrected chi connectivity index (χ4v) is 2.47. The van der Waals surface area contributed by atoms with Gasteiger partial charge >= 0.3 is 0 Å². The SMILES string of the molecule is Cc1ccc(N2CCOC(CCCO)C2=O)c(C)c1. The molecule has 1 heterocycles. The minimum Gasteiger partial charge on any atom is -0.396 e. The van der Waals surface area contributed by atoms with E-state index in [4.69, 9.17) is 9.84 Å². The summed E-state index contributed by atoms with van der Waals surface area (Å²) in [7, 11) is 0. The molecule has 0 aliphatic carbocycles. The number of rotatable bonds is 4. The molecule has 2 rings (SSSR count). The van der Waals surface area contributed by atoms with E-state index in [0.29, 0.717) is 26.0 Å². The Labute approximate surface area is 114 Å². The lowest BCUT2D eigenvalue weighted by Crippen LogP contribution is -2.48. The molecule has 1 aromatic carbocycles. The minimum atomic E-state index is -0.415. The fourth-order valence-electron chi connectivity index (χ4n) is 2.47. The van der Waals surface area contributed by atoms with Gasteiger partial charge in [-0.15, -0.1) is 0 Å². The van der Waals surface area contributed by atoms with E-state index in [1.54, 1.807) is 4.90 Å². The number of carbonyl (C=O) groups excluding carboxylic acids is 1. The number of aryl methyl sites for hydroxylation is 2. The molecule has 104 valence electrons. The zero-order chi connectivity index (χ0) is 13.8. The van der Waals surface area contributed by atoms with E-state index in [1.165, 1.54) is 5.56 Å². The van der Waals surface area contributed by atoms with E-state index in [1.807, 2.05) is 26.0 Å². The zero-order valence-corrected chi connectivity index (χ0v) is 11.6. The van der Waals surface area contributed by atoms with Crippen LogP contribution in [-0.2, 0) is 9.53 Å². The smallest absolute Gasteiger partial charge is 0.256 e. The minimum absolute atomic E-state index is 0.00616. The first-order valence-electron chi connectivity index (χ1n) is 6.74. The summed E-state index contributed by atoms with van der Waals surface area (Å²) in [5.41, 5.74) is 3.27. The molecule has 1 fully saturated rings. The van der Waals surface area contributed by atoms with Gasteiger partial charge in [0.15, 0.2) is 0 Å². The average molecular weight is 263 g/mol. The van der Waals surface area contributed by atoms with Crippen LogP contribution >= 0.6 is 0 Å². The molecule has 0 bridgehead atoms. The van der Waals surface area contributed by atoms with Gasteiger partial charge in [-0.3, -0.25) is 4.79 Å². The number of amides is 1. The van der Waals surface area contributed by atoms with Gasteiger partial charge in [0.25, 0.3) is 5.91 Å². The molecular formula is C15H21NO3. The van der Waals surface area contributed by atoms with E-state index < -0.39 is 6.10 Å². The molecule has 0 aromatic heterocycles. The maximum atomic E-state index is 12.4. The van der Waals surface area contributed by atoms with Crippen LogP contribution in [0.4, 0.5) is 5.69 Å². The molecule has 0 radical (unpaired) electrons. The van der Waals surface area contributed by atoms with Gasteiger partial charge in [0.1, 0.15) is 6.10 Å². The van der Waals surface area contributed by atoms with Gasteiger partial charge < -0.3 is 14.7 Å².